The molecule has 5 nitrogen and oxygen atoms in total. The SMILES string of the molecule is O=C(N/N=C/c1ccc(-c2ccc(Br)cc2)o1)C(O)c1ccccc1. The Morgan fingerprint density at radius 3 is 2.52 bits per heavy atom. The lowest BCUT2D eigenvalue weighted by molar-refractivity contribution is -0.129. The Kier molecular flexibility index (Phi) is 5.42. The van der Waals surface area contributed by atoms with Crippen molar-refractivity contribution in [1.82, 2.24) is 5.43 Å². The second-order valence-electron chi connectivity index (χ2n) is 5.26. The van der Waals surface area contributed by atoms with E-state index >= 15 is 0 Å². The number of amides is 1. The predicted octanol–water partition coefficient (Wildman–Crippen LogP) is 3.89. The molecule has 0 aliphatic carbocycles. The van der Waals surface area contributed by atoms with Gasteiger partial charge in [-0.15, -0.1) is 0 Å². The van der Waals surface area contributed by atoms with Crippen molar-refractivity contribution < 1.29 is 14.3 Å². The first-order valence-electron chi connectivity index (χ1n) is 7.55. The van der Waals surface area contributed by atoms with E-state index in [1.54, 1.807) is 30.3 Å². The van der Waals surface area contributed by atoms with Crippen LogP contribution in [0, 0.1) is 0 Å². The average Bonchev–Trinajstić information content (AvgIpc) is 3.11. The lowest BCUT2D eigenvalue weighted by atomic mass is 10.1. The van der Waals surface area contributed by atoms with Gasteiger partial charge in [-0.25, -0.2) is 5.43 Å². The van der Waals surface area contributed by atoms with E-state index < -0.39 is 12.0 Å². The lowest BCUT2D eigenvalue weighted by Gasteiger charge is -2.08. The second-order valence-corrected chi connectivity index (χ2v) is 6.17. The maximum atomic E-state index is 11.9. The van der Waals surface area contributed by atoms with Crippen LogP contribution in [0.3, 0.4) is 0 Å². The highest BCUT2D eigenvalue weighted by Gasteiger charge is 2.16. The molecule has 1 atom stereocenters. The highest BCUT2D eigenvalue weighted by atomic mass is 79.9. The fourth-order valence-corrected chi connectivity index (χ4v) is 2.46. The summed E-state index contributed by atoms with van der Waals surface area (Å²) >= 11 is 3.39. The average molecular weight is 399 g/mol. The third kappa shape index (κ3) is 4.43. The molecule has 0 bridgehead atoms. The Balaban J connectivity index is 1.61. The van der Waals surface area contributed by atoms with E-state index in [4.69, 9.17) is 4.42 Å². The fourth-order valence-electron chi connectivity index (χ4n) is 2.20. The molecule has 2 aromatic carbocycles. The molecule has 6 heteroatoms. The van der Waals surface area contributed by atoms with Crippen LogP contribution in [-0.4, -0.2) is 17.2 Å². The van der Waals surface area contributed by atoms with E-state index in [0.717, 1.165) is 10.0 Å². The van der Waals surface area contributed by atoms with Crippen molar-refractivity contribution in [1.29, 1.82) is 0 Å². The van der Waals surface area contributed by atoms with Crippen molar-refractivity contribution in [3.8, 4) is 11.3 Å². The third-order valence-corrected chi connectivity index (χ3v) is 4.01. The van der Waals surface area contributed by atoms with Crippen LogP contribution in [0.5, 0.6) is 0 Å². The molecule has 126 valence electrons. The van der Waals surface area contributed by atoms with Gasteiger partial charge >= 0.3 is 0 Å². The number of hydrogen-bond acceptors (Lipinski definition) is 4. The predicted molar refractivity (Wildman–Crippen MR) is 99.0 cm³/mol. The number of carbonyl (C=O) groups is 1. The summed E-state index contributed by atoms with van der Waals surface area (Å²) in [5, 5.41) is 13.8. The molecule has 1 heterocycles. The van der Waals surface area contributed by atoms with Gasteiger partial charge in [-0.2, -0.15) is 5.10 Å². The minimum absolute atomic E-state index is 0.493. The number of halogens is 1. The number of aliphatic hydroxyl groups excluding tert-OH is 1. The quantitative estimate of drug-likeness (QED) is 0.505. The highest BCUT2D eigenvalue weighted by Crippen LogP contribution is 2.23. The zero-order valence-electron chi connectivity index (χ0n) is 13.1. The van der Waals surface area contributed by atoms with E-state index in [9.17, 15) is 9.90 Å². The van der Waals surface area contributed by atoms with Gasteiger partial charge in [0.2, 0.25) is 0 Å². The van der Waals surface area contributed by atoms with Gasteiger partial charge in [0.1, 0.15) is 11.5 Å². The Morgan fingerprint density at radius 1 is 1.08 bits per heavy atom. The molecular weight excluding hydrogens is 384 g/mol. The number of aliphatic hydroxyl groups is 1. The maximum Gasteiger partial charge on any atom is 0.273 e. The molecule has 0 saturated heterocycles. The molecule has 0 spiro atoms. The van der Waals surface area contributed by atoms with Gasteiger partial charge in [-0.3, -0.25) is 4.79 Å². The van der Waals surface area contributed by atoms with Gasteiger partial charge in [0.15, 0.2) is 6.10 Å². The number of furan rings is 1. The van der Waals surface area contributed by atoms with Gasteiger partial charge in [0.25, 0.3) is 5.91 Å². The van der Waals surface area contributed by atoms with Crippen LogP contribution in [-0.2, 0) is 4.79 Å². The molecule has 25 heavy (non-hydrogen) atoms. The number of carbonyl (C=O) groups excluding carboxylic acids is 1. The van der Waals surface area contributed by atoms with Crippen LogP contribution in [0.15, 0.2) is 80.7 Å². The summed E-state index contributed by atoms with van der Waals surface area (Å²) in [5.41, 5.74) is 3.74. The van der Waals surface area contributed by atoms with Crippen molar-refractivity contribution in [3.63, 3.8) is 0 Å². The second kappa shape index (κ2) is 7.92. The molecule has 1 unspecified atom stereocenters. The number of benzene rings is 2. The molecule has 2 N–H and O–H groups in total. The summed E-state index contributed by atoms with van der Waals surface area (Å²) in [4.78, 5) is 11.9. The van der Waals surface area contributed by atoms with Gasteiger partial charge in [0, 0.05) is 10.0 Å². The van der Waals surface area contributed by atoms with Crippen molar-refractivity contribution in [3.05, 3.63) is 82.5 Å². The normalized spacial score (nSPS) is 12.2. The minimum atomic E-state index is -1.27. The number of nitrogens with zero attached hydrogens (tertiary/aromatic N) is 1. The Morgan fingerprint density at radius 2 is 1.80 bits per heavy atom. The van der Waals surface area contributed by atoms with Gasteiger partial charge in [-0.1, -0.05) is 58.4 Å². The standard InChI is InChI=1S/C19H15BrN2O3/c20-15-8-6-13(7-9-15)17-11-10-16(25-17)12-21-22-19(24)18(23)14-4-2-1-3-5-14/h1-12,18,23H,(H,22,24)/b21-12+. The molecule has 0 aliphatic heterocycles. The molecule has 0 radical (unpaired) electrons. The molecule has 3 aromatic rings. The summed E-state index contributed by atoms with van der Waals surface area (Å²) in [6, 6.07) is 20.0. The monoisotopic (exact) mass is 398 g/mol. The topological polar surface area (TPSA) is 74.8 Å². The zero-order valence-corrected chi connectivity index (χ0v) is 14.7. The van der Waals surface area contributed by atoms with Crippen LogP contribution in [0.2, 0.25) is 0 Å². The number of hydrogen-bond donors (Lipinski definition) is 2. The molecule has 0 saturated carbocycles. The Bertz CT molecular complexity index is 873. The third-order valence-electron chi connectivity index (χ3n) is 3.49. The highest BCUT2D eigenvalue weighted by molar-refractivity contribution is 9.10. The molecule has 1 aromatic heterocycles. The maximum absolute atomic E-state index is 11.9. The fraction of sp³-hybridized carbons (Fsp3) is 0.0526. The first-order chi connectivity index (χ1) is 12.1. The van der Waals surface area contributed by atoms with Crippen LogP contribution in [0.4, 0.5) is 0 Å². The largest absolute Gasteiger partial charge is 0.455 e. The smallest absolute Gasteiger partial charge is 0.273 e. The van der Waals surface area contributed by atoms with Crippen molar-refractivity contribution in [2.75, 3.05) is 0 Å². The molecule has 3 rings (SSSR count). The van der Waals surface area contributed by atoms with Gasteiger partial charge in [0.05, 0.1) is 6.21 Å². The van der Waals surface area contributed by atoms with E-state index in [0.29, 0.717) is 17.1 Å². The summed E-state index contributed by atoms with van der Waals surface area (Å²) in [5.74, 6) is 0.583. The summed E-state index contributed by atoms with van der Waals surface area (Å²) in [6.07, 6.45) is 0.117. The number of hydrazone groups is 1. The molecule has 1 amide bonds. The first-order valence-corrected chi connectivity index (χ1v) is 8.34. The van der Waals surface area contributed by atoms with Crippen LogP contribution >= 0.6 is 15.9 Å². The summed E-state index contributed by atoms with van der Waals surface area (Å²) < 4.78 is 6.65. The zero-order chi connectivity index (χ0) is 17.6. The first kappa shape index (κ1) is 17.1. The number of rotatable bonds is 5. The van der Waals surface area contributed by atoms with Crippen molar-refractivity contribution >= 4 is 28.1 Å². The van der Waals surface area contributed by atoms with Gasteiger partial charge in [-0.05, 0) is 29.8 Å². The molecule has 0 aliphatic rings. The van der Waals surface area contributed by atoms with Crippen molar-refractivity contribution in [2.45, 2.75) is 6.10 Å². The summed E-state index contributed by atoms with van der Waals surface area (Å²) in [7, 11) is 0. The van der Waals surface area contributed by atoms with E-state index in [-0.39, 0.29) is 0 Å². The Hall–Kier alpha value is -2.70. The van der Waals surface area contributed by atoms with Crippen LogP contribution in [0.25, 0.3) is 11.3 Å². The van der Waals surface area contributed by atoms with Crippen LogP contribution in [0.1, 0.15) is 17.4 Å². The van der Waals surface area contributed by atoms with E-state index in [1.165, 1.54) is 6.21 Å². The number of nitrogens with one attached hydrogen (secondary N) is 1. The van der Waals surface area contributed by atoms with E-state index in [1.807, 2.05) is 36.4 Å². The van der Waals surface area contributed by atoms with E-state index in [2.05, 4.69) is 26.5 Å². The summed E-state index contributed by atoms with van der Waals surface area (Å²) in [6.45, 7) is 0. The minimum Gasteiger partial charge on any atom is -0.455 e. The molecule has 0 fully saturated rings. The molecular formula is C19H15BrN2O3. The Labute approximate surface area is 153 Å². The van der Waals surface area contributed by atoms with Crippen molar-refractivity contribution in [2.24, 2.45) is 5.10 Å². The van der Waals surface area contributed by atoms with Gasteiger partial charge < -0.3 is 9.52 Å². The lowest BCUT2D eigenvalue weighted by Crippen LogP contribution is -2.25. The van der Waals surface area contributed by atoms with Crippen LogP contribution < -0.4 is 5.43 Å².